The Bertz CT molecular complexity index is 413. The minimum Gasteiger partial charge on any atom is -0.261 e. The van der Waals surface area contributed by atoms with E-state index in [2.05, 4.69) is 44.5 Å². The summed E-state index contributed by atoms with van der Waals surface area (Å²) >= 11 is 5.59. The Labute approximate surface area is 115 Å². The van der Waals surface area contributed by atoms with E-state index in [0.717, 1.165) is 6.42 Å². The molecule has 2 heterocycles. The standard InChI is InChI=1S/C14H16BrNS/c15-12(11-13-6-1-2-9-16-13)5-3-7-14-8-4-10-17-14/h1-2,4,6,8-10,12H,3,5,7,11H2. The second kappa shape index (κ2) is 6.92. The fourth-order valence-electron chi connectivity index (χ4n) is 1.80. The van der Waals surface area contributed by atoms with Gasteiger partial charge in [0.25, 0.3) is 0 Å². The zero-order valence-electron chi connectivity index (χ0n) is 9.68. The van der Waals surface area contributed by atoms with Crippen LogP contribution in [0.15, 0.2) is 41.9 Å². The molecule has 0 aliphatic heterocycles. The Morgan fingerprint density at radius 1 is 1.24 bits per heavy atom. The molecule has 0 aromatic carbocycles. The lowest BCUT2D eigenvalue weighted by Gasteiger charge is -2.08. The van der Waals surface area contributed by atoms with Crippen molar-refractivity contribution in [1.29, 1.82) is 0 Å². The van der Waals surface area contributed by atoms with Gasteiger partial charge >= 0.3 is 0 Å². The molecule has 0 saturated carbocycles. The van der Waals surface area contributed by atoms with Gasteiger partial charge in [-0.1, -0.05) is 28.1 Å². The highest BCUT2D eigenvalue weighted by atomic mass is 79.9. The summed E-state index contributed by atoms with van der Waals surface area (Å²) in [6.45, 7) is 0. The highest BCUT2D eigenvalue weighted by Gasteiger charge is 2.06. The third-order valence-electron chi connectivity index (χ3n) is 2.68. The Morgan fingerprint density at radius 3 is 2.88 bits per heavy atom. The van der Waals surface area contributed by atoms with E-state index in [4.69, 9.17) is 0 Å². The van der Waals surface area contributed by atoms with Crippen LogP contribution in [0.4, 0.5) is 0 Å². The number of thiophene rings is 1. The summed E-state index contributed by atoms with van der Waals surface area (Å²) in [5, 5.41) is 2.15. The summed E-state index contributed by atoms with van der Waals surface area (Å²) in [5.74, 6) is 0. The fraction of sp³-hybridized carbons (Fsp3) is 0.357. The van der Waals surface area contributed by atoms with Gasteiger partial charge in [0.2, 0.25) is 0 Å². The average Bonchev–Trinajstić information content (AvgIpc) is 2.83. The van der Waals surface area contributed by atoms with Gasteiger partial charge in [-0.25, -0.2) is 0 Å². The van der Waals surface area contributed by atoms with E-state index >= 15 is 0 Å². The van der Waals surface area contributed by atoms with Crippen LogP contribution in [0, 0.1) is 0 Å². The first-order valence-electron chi connectivity index (χ1n) is 5.91. The number of hydrogen-bond acceptors (Lipinski definition) is 2. The average molecular weight is 310 g/mol. The summed E-state index contributed by atoms with van der Waals surface area (Å²) in [6.07, 6.45) is 6.52. The molecule has 0 aliphatic carbocycles. The molecule has 90 valence electrons. The van der Waals surface area contributed by atoms with E-state index in [-0.39, 0.29) is 0 Å². The first-order valence-corrected chi connectivity index (χ1v) is 7.70. The molecule has 0 radical (unpaired) electrons. The maximum absolute atomic E-state index is 4.35. The number of nitrogens with zero attached hydrogens (tertiary/aromatic N) is 1. The molecule has 0 N–H and O–H groups in total. The van der Waals surface area contributed by atoms with Gasteiger partial charge in [-0.05, 0) is 42.8 Å². The maximum Gasteiger partial charge on any atom is 0.0414 e. The van der Waals surface area contributed by atoms with Crippen LogP contribution < -0.4 is 0 Å². The number of pyridine rings is 1. The highest BCUT2D eigenvalue weighted by Crippen LogP contribution is 2.17. The lowest BCUT2D eigenvalue weighted by Crippen LogP contribution is -2.04. The summed E-state index contributed by atoms with van der Waals surface area (Å²) in [6, 6.07) is 10.4. The maximum atomic E-state index is 4.35. The lowest BCUT2D eigenvalue weighted by molar-refractivity contribution is 0.698. The van der Waals surface area contributed by atoms with Crippen LogP contribution in [0.5, 0.6) is 0 Å². The molecular formula is C14H16BrNS. The van der Waals surface area contributed by atoms with Crippen LogP contribution in [-0.2, 0) is 12.8 Å². The van der Waals surface area contributed by atoms with E-state index in [0.29, 0.717) is 4.83 Å². The summed E-state index contributed by atoms with van der Waals surface area (Å²) in [7, 11) is 0. The molecule has 2 aromatic heterocycles. The second-order valence-corrected chi connectivity index (χ2v) is 6.42. The third-order valence-corrected chi connectivity index (χ3v) is 4.40. The summed E-state index contributed by atoms with van der Waals surface area (Å²) in [5.41, 5.74) is 1.17. The molecule has 0 saturated heterocycles. The van der Waals surface area contributed by atoms with Crippen LogP contribution in [0.3, 0.4) is 0 Å². The lowest BCUT2D eigenvalue weighted by atomic mass is 10.1. The quantitative estimate of drug-likeness (QED) is 0.717. The van der Waals surface area contributed by atoms with Crippen LogP contribution in [-0.4, -0.2) is 9.81 Å². The van der Waals surface area contributed by atoms with Crippen molar-refractivity contribution in [3.63, 3.8) is 0 Å². The van der Waals surface area contributed by atoms with E-state index in [9.17, 15) is 0 Å². The monoisotopic (exact) mass is 309 g/mol. The Morgan fingerprint density at radius 2 is 2.18 bits per heavy atom. The molecule has 0 fully saturated rings. The molecule has 1 atom stereocenters. The molecule has 0 aliphatic rings. The largest absolute Gasteiger partial charge is 0.261 e. The van der Waals surface area contributed by atoms with Crippen molar-refractivity contribution in [2.24, 2.45) is 0 Å². The molecular weight excluding hydrogens is 294 g/mol. The van der Waals surface area contributed by atoms with Gasteiger partial charge in [-0.2, -0.15) is 0 Å². The molecule has 0 spiro atoms. The molecule has 2 rings (SSSR count). The predicted molar refractivity (Wildman–Crippen MR) is 77.9 cm³/mol. The molecule has 2 aromatic rings. The van der Waals surface area contributed by atoms with Crippen LogP contribution in [0.2, 0.25) is 0 Å². The normalized spacial score (nSPS) is 12.5. The number of alkyl halides is 1. The Hall–Kier alpha value is -0.670. The smallest absolute Gasteiger partial charge is 0.0414 e. The first kappa shape index (κ1) is 12.8. The van der Waals surface area contributed by atoms with Crippen molar-refractivity contribution < 1.29 is 0 Å². The first-order chi connectivity index (χ1) is 8.34. The SMILES string of the molecule is BrC(CCCc1cccs1)Cc1ccccn1. The topological polar surface area (TPSA) is 12.9 Å². The van der Waals surface area contributed by atoms with E-state index in [1.807, 2.05) is 29.7 Å². The van der Waals surface area contributed by atoms with Gasteiger partial charge in [0.1, 0.15) is 0 Å². The van der Waals surface area contributed by atoms with Crippen LogP contribution in [0.1, 0.15) is 23.4 Å². The molecule has 0 bridgehead atoms. The van der Waals surface area contributed by atoms with Crippen molar-refractivity contribution in [2.45, 2.75) is 30.5 Å². The van der Waals surface area contributed by atoms with E-state index < -0.39 is 0 Å². The van der Waals surface area contributed by atoms with Gasteiger partial charge in [0, 0.05) is 28.0 Å². The van der Waals surface area contributed by atoms with Crippen molar-refractivity contribution in [2.75, 3.05) is 0 Å². The minimum absolute atomic E-state index is 0.539. The van der Waals surface area contributed by atoms with Crippen LogP contribution in [0.25, 0.3) is 0 Å². The molecule has 1 unspecified atom stereocenters. The van der Waals surface area contributed by atoms with Gasteiger partial charge in [0.05, 0.1) is 0 Å². The van der Waals surface area contributed by atoms with E-state index in [1.165, 1.54) is 29.8 Å². The van der Waals surface area contributed by atoms with Crippen LogP contribution >= 0.6 is 27.3 Å². The van der Waals surface area contributed by atoms with E-state index in [1.54, 1.807) is 0 Å². The van der Waals surface area contributed by atoms with Gasteiger partial charge in [-0.15, -0.1) is 11.3 Å². The number of hydrogen-bond donors (Lipinski definition) is 0. The molecule has 1 nitrogen and oxygen atoms in total. The van der Waals surface area contributed by atoms with Crippen molar-refractivity contribution in [3.05, 3.63) is 52.5 Å². The number of aryl methyl sites for hydroxylation is 1. The third kappa shape index (κ3) is 4.60. The Kier molecular flexibility index (Phi) is 5.20. The zero-order valence-corrected chi connectivity index (χ0v) is 12.1. The van der Waals surface area contributed by atoms with Crippen molar-refractivity contribution in [3.8, 4) is 0 Å². The van der Waals surface area contributed by atoms with Crippen molar-refractivity contribution in [1.82, 2.24) is 4.98 Å². The number of aromatic nitrogens is 1. The number of rotatable bonds is 6. The molecule has 3 heteroatoms. The Balaban J connectivity index is 1.69. The fourth-order valence-corrected chi connectivity index (χ4v) is 3.21. The predicted octanol–water partition coefficient (Wildman–Crippen LogP) is 4.47. The zero-order chi connectivity index (χ0) is 11.9. The highest BCUT2D eigenvalue weighted by molar-refractivity contribution is 9.09. The van der Waals surface area contributed by atoms with Gasteiger partial charge < -0.3 is 0 Å². The summed E-state index contributed by atoms with van der Waals surface area (Å²) < 4.78 is 0. The van der Waals surface area contributed by atoms with Crippen molar-refractivity contribution >= 4 is 27.3 Å². The molecule has 17 heavy (non-hydrogen) atoms. The van der Waals surface area contributed by atoms with Gasteiger partial charge in [0.15, 0.2) is 0 Å². The van der Waals surface area contributed by atoms with Gasteiger partial charge in [-0.3, -0.25) is 4.98 Å². The molecule has 0 amide bonds. The second-order valence-electron chi connectivity index (χ2n) is 4.09. The minimum atomic E-state index is 0.539. The number of halogens is 1. The summed E-state index contributed by atoms with van der Waals surface area (Å²) in [4.78, 5) is 6.38.